The van der Waals surface area contributed by atoms with Crippen molar-refractivity contribution in [2.75, 3.05) is 0 Å². The average molecular weight is 179 g/mol. The number of ether oxygens (including phenoxy) is 1. The van der Waals surface area contributed by atoms with Gasteiger partial charge in [0.1, 0.15) is 5.75 Å². The zero-order chi connectivity index (χ0) is 9.90. The Kier molecular flexibility index (Phi) is 2.56. The van der Waals surface area contributed by atoms with E-state index in [2.05, 4.69) is 0 Å². The number of benzene rings is 1. The molecule has 3 heteroatoms. The summed E-state index contributed by atoms with van der Waals surface area (Å²) in [4.78, 5) is 10.9. The minimum absolute atomic E-state index is 0.476. The zero-order valence-electron chi connectivity index (χ0n) is 7.78. The summed E-state index contributed by atoms with van der Waals surface area (Å²) >= 11 is 0. The van der Waals surface area contributed by atoms with Crippen molar-refractivity contribution in [2.24, 2.45) is 5.73 Å². The van der Waals surface area contributed by atoms with Gasteiger partial charge in [-0.3, -0.25) is 4.79 Å². The summed E-state index contributed by atoms with van der Waals surface area (Å²) in [5, 5.41) is 0. The van der Waals surface area contributed by atoms with Gasteiger partial charge in [-0.25, -0.2) is 0 Å². The van der Waals surface area contributed by atoms with Crippen LogP contribution in [0.15, 0.2) is 30.3 Å². The van der Waals surface area contributed by atoms with Gasteiger partial charge in [-0.1, -0.05) is 18.2 Å². The van der Waals surface area contributed by atoms with Gasteiger partial charge in [0.25, 0.3) is 5.91 Å². The fraction of sp³-hybridized carbons (Fsp3) is 0.300. The Hall–Kier alpha value is -1.51. The molecule has 0 bridgehead atoms. The topological polar surface area (TPSA) is 52.3 Å². The quantitative estimate of drug-likeness (QED) is 0.761. The molecule has 13 heavy (non-hydrogen) atoms. The molecule has 0 aliphatic rings. The first-order valence-corrected chi connectivity index (χ1v) is 4.06. The van der Waals surface area contributed by atoms with Gasteiger partial charge in [-0.15, -0.1) is 0 Å². The summed E-state index contributed by atoms with van der Waals surface area (Å²) in [5.41, 5.74) is 4.20. The number of para-hydroxylation sites is 1. The maximum atomic E-state index is 10.9. The standard InChI is InChI=1S/C10H13NO2/c1-10(2,9(11)12)13-8-6-4-3-5-7-8/h3-7H,1-2H3,(H2,11,12). The Labute approximate surface area is 77.5 Å². The molecule has 0 fully saturated rings. The van der Waals surface area contributed by atoms with Crippen LogP contribution in [-0.4, -0.2) is 11.5 Å². The van der Waals surface area contributed by atoms with Crippen molar-refractivity contribution in [2.45, 2.75) is 19.4 Å². The second-order valence-electron chi connectivity index (χ2n) is 3.29. The monoisotopic (exact) mass is 179 g/mol. The van der Waals surface area contributed by atoms with Gasteiger partial charge in [-0.05, 0) is 26.0 Å². The molecular weight excluding hydrogens is 166 g/mol. The molecule has 0 atom stereocenters. The number of rotatable bonds is 3. The predicted molar refractivity (Wildman–Crippen MR) is 50.3 cm³/mol. The molecule has 1 aromatic rings. The second-order valence-corrected chi connectivity index (χ2v) is 3.29. The van der Waals surface area contributed by atoms with Crippen molar-refractivity contribution in [1.82, 2.24) is 0 Å². The molecule has 0 aliphatic heterocycles. The third-order valence-electron chi connectivity index (χ3n) is 1.71. The van der Waals surface area contributed by atoms with Gasteiger partial charge in [0.15, 0.2) is 5.60 Å². The van der Waals surface area contributed by atoms with Crippen LogP contribution in [0.2, 0.25) is 0 Å². The molecule has 1 aromatic carbocycles. The summed E-state index contributed by atoms with van der Waals surface area (Å²) < 4.78 is 5.39. The molecule has 0 saturated heterocycles. The maximum absolute atomic E-state index is 10.9. The summed E-state index contributed by atoms with van der Waals surface area (Å²) in [5.74, 6) is 0.169. The number of nitrogens with two attached hydrogens (primary N) is 1. The van der Waals surface area contributed by atoms with Crippen LogP contribution in [0, 0.1) is 0 Å². The lowest BCUT2D eigenvalue weighted by Crippen LogP contribution is -2.43. The lowest BCUT2D eigenvalue weighted by atomic mass is 10.1. The van der Waals surface area contributed by atoms with Crippen molar-refractivity contribution in [3.05, 3.63) is 30.3 Å². The molecule has 1 rings (SSSR count). The van der Waals surface area contributed by atoms with Gasteiger partial charge in [0.05, 0.1) is 0 Å². The summed E-state index contributed by atoms with van der Waals surface area (Å²) in [6, 6.07) is 9.12. The van der Waals surface area contributed by atoms with E-state index >= 15 is 0 Å². The van der Waals surface area contributed by atoms with E-state index in [1.54, 1.807) is 26.0 Å². The third-order valence-corrected chi connectivity index (χ3v) is 1.71. The van der Waals surface area contributed by atoms with Crippen LogP contribution < -0.4 is 10.5 Å². The van der Waals surface area contributed by atoms with Gasteiger partial charge in [-0.2, -0.15) is 0 Å². The van der Waals surface area contributed by atoms with Gasteiger partial charge < -0.3 is 10.5 Å². The van der Waals surface area contributed by atoms with Gasteiger partial charge in [0, 0.05) is 0 Å². The number of hydrogen-bond acceptors (Lipinski definition) is 2. The zero-order valence-corrected chi connectivity index (χ0v) is 7.78. The average Bonchev–Trinajstić information content (AvgIpc) is 2.05. The SMILES string of the molecule is CC(C)(Oc1ccccc1)C(N)=O. The Morgan fingerprint density at radius 3 is 2.31 bits per heavy atom. The molecule has 3 nitrogen and oxygen atoms in total. The van der Waals surface area contributed by atoms with E-state index in [4.69, 9.17) is 10.5 Å². The number of amides is 1. The van der Waals surface area contributed by atoms with Crippen molar-refractivity contribution in [1.29, 1.82) is 0 Å². The van der Waals surface area contributed by atoms with Crippen LogP contribution in [0.4, 0.5) is 0 Å². The number of primary amides is 1. The second kappa shape index (κ2) is 3.47. The molecule has 70 valence electrons. The van der Waals surface area contributed by atoms with Crippen LogP contribution in [0.5, 0.6) is 5.75 Å². The summed E-state index contributed by atoms with van der Waals surface area (Å²) in [7, 11) is 0. The third kappa shape index (κ3) is 2.47. The van der Waals surface area contributed by atoms with E-state index in [1.165, 1.54) is 0 Å². The molecule has 1 amide bonds. The van der Waals surface area contributed by atoms with Crippen molar-refractivity contribution < 1.29 is 9.53 Å². The number of carbonyl (C=O) groups excluding carboxylic acids is 1. The van der Waals surface area contributed by atoms with Crippen molar-refractivity contribution in [3.8, 4) is 5.75 Å². The smallest absolute Gasteiger partial charge is 0.261 e. The number of hydrogen-bond donors (Lipinski definition) is 1. The van der Waals surface area contributed by atoms with Gasteiger partial charge >= 0.3 is 0 Å². The normalized spacial score (nSPS) is 10.9. The predicted octanol–water partition coefficient (Wildman–Crippen LogP) is 1.33. The lowest BCUT2D eigenvalue weighted by molar-refractivity contribution is -0.130. The minimum Gasteiger partial charge on any atom is -0.478 e. The van der Waals surface area contributed by atoms with Crippen LogP contribution in [0.25, 0.3) is 0 Å². The van der Waals surface area contributed by atoms with Crippen LogP contribution in [0.1, 0.15) is 13.8 Å². The molecule has 0 aromatic heterocycles. The highest BCUT2D eigenvalue weighted by atomic mass is 16.5. The maximum Gasteiger partial charge on any atom is 0.261 e. The summed E-state index contributed by atoms with van der Waals surface area (Å²) in [6.07, 6.45) is 0. The van der Waals surface area contributed by atoms with Crippen LogP contribution >= 0.6 is 0 Å². The van der Waals surface area contributed by atoms with E-state index in [0.717, 1.165) is 0 Å². The van der Waals surface area contributed by atoms with E-state index in [9.17, 15) is 4.79 Å². The van der Waals surface area contributed by atoms with Crippen molar-refractivity contribution >= 4 is 5.91 Å². The Morgan fingerprint density at radius 2 is 1.85 bits per heavy atom. The molecular formula is C10H13NO2. The van der Waals surface area contributed by atoms with Crippen LogP contribution in [0.3, 0.4) is 0 Å². The molecule has 0 spiro atoms. The molecule has 0 aliphatic carbocycles. The van der Waals surface area contributed by atoms with E-state index < -0.39 is 11.5 Å². The van der Waals surface area contributed by atoms with E-state index in [-0.39, 0.29) is 0 Å². The molecule has 2 N–H and O–H groups in total. The Bertz CT molecular complexity index is 293. The first kappa shape index (κ1) is 9.58. The highest BCUT2D eigenvalue weighted by molar-refractivity contribution is 5.82. The highest BCUT2D eigenvalue weighted by Crippen LogP contribution is 2.16. The fourth-order valence-corrected chi connectivity index (χ4v) is 0.833. The van der Waals surface area contributed by atoms with E-state index in [1.807, 2.05) is 18.2 Å². The Balaban J connectivity index is 2.75. The molecule has 0 unspecified atom stereocenters. The highest BCUT2D eigenvalue weighted by Gasteiger charge is 2.26. The molecule has 0 heterocycles. The summed E-state index contributed by atoms with van der Waals surface area (Å²) in [6.45, 7) is 3.28. The fourth-order valence-electron chi connectivity index (χ4n) is 0.833. The van der Waals surface area contributed by atoms with Gasteiger partial charge in [0.2, 0.25) is 0 Å². The van der Waals surface area contributed by atoms with Crippen molar-refractivity contribution in [3.63, 3.8) is 0 Å². The first-order chi connectivity index (χ1) is 6.02. The largest absolute Gasteiger partial charge is 0.478 e. The molecule has 0 saturated carbocycles. The minimum atomic E-state index is -0.957. The molecule has 0 radical (unpaired) electrons. The first-order valence-electron chi connectivity index (χ1n) is 4.06. The van der Waals surface area contributed by atoms with E-state index in [0.29, 0.717) is 5.75 Å². The number of carbonyl (C=O) groups is 1. The lowest BCUT2D eigenvalue weighted by Gasteiger charge is -2.22. The Morgan fingerprint density at radius 1 is 1.31 bits per heavy atom. The van der Waals surface area contributed by atoms with Crippen LogP contribution in [-0.2, 0) is 4.79 Å².